The van der Waals surface area contributed by atoms with Crippen LogP contribution in [0, 0.1) is 0 Å². The third-order valence-electron chi connectivity index (χ3n) is 5.08. The molecule has 1 aromatic heterocycles. The number of benzene rings is 1. The van der Waals surface area contributed by atoms with Crippen LogP contribution in [-0.4, -0.2) is 58.5 Å². The van der Waals surface area contributed by atoms with Gasteiger partial charge in [-0.3, -0.25) is 9.59 Å². The average molecular weight is 369 g/mol. The van der Waals surface area contributed by atoms with E-state index < -0.39 is 0 Å². The van der Waals surface area contributed by atoms with Crippen LogP contribution in [0.4, 0.5) is 0 Å². The minimum absolute atomic E-state index is 0.0832. The van der Waals surface area contributed by atoms with Gasteiger partial charge in [0.05, 0.1) is 6.42 Å². The van der Waals surface area contributed by atoms with E-state index in [9.17, 15) is 9.59 Å². The van der Waals surface area contributed by atoms with Crippen LogP contribution < -0.4 is 0 Å². The number of nitrogens with one attached hydrogen (secondary N) is 1. The van der Waals surface area contributed by atoms with E-state index in [1.54, 1.807) is 0 Å². The number of amides is 2. The van der Waals surface area contributed by atoms with Crippen LogP contribution in [0.1, 0.15) is 28.0 Å². The molecular weight excluding hydrogens is 346 g/mol. The van der Waals surface area contributed by atoms with Gasteiger partial charge in [0.15, 0.2) is 0 Å². The second-order valence-corrected chi connectivity index (χ2v) is 7.96. The van der Waals surface area contributed by atoms with Crippen LogP contribution in [0.25, 0.3) is 0 Å². The molecule has 136 valence electrons. The van der Waals surface area contributed by atoms with Gasteiger partial charge in [0.2, 0.25) is 5.91 Å². The topological polar surface area (TPSA) is 56.4 Å². The molecule has 5 nitrogen and oxygen atoms in total. The van der Waals surface area contributed by atoms with Gasteiger partial charge in [0, 0.05) is 48.5 Å². The number of aryl methyl sites for hydroxylation is 1. The molecule has 0 atom stereocenters. The first-order chi connectivity index (χ1) is 12.7. The highest BCUT2D eigenvalue weighted by molar-refractivity contribution is 7.99. The minimum Gasteiger partial charge on any atom is -0.365 e. The Kier molecular flexibility index (Phi) is 5.02. The van der Waals surface area contributed by atoms with Gasteiger partial charge in [-0.2, -0.15) is 0 Å². The first-order valence-corrected chi connectivity index (χ1v) is 10.1. The van der Waals surface area contributed by atoms with Crippen LogP contribution in [0.3, 0.4) is 0 Å². The smallest absolute Gasteiger partial charge is 0.253 e. The number of nitrogens with zero attached hydrogens (tertiary/aromatic N) is 2. The monoisotopic (exact) mass is 369 g/mol. The fraction of sp³-hybridized carbons (Fsp3) is 0.400. The van der Waals surface area contributed by atoms with E-state index in [2.05, 4.69) is 17.1 Å². The molecule has 4 rings (SSSR count). The molecule has 1 N–H and O–H groups in total. The number of aromatic nitrogens is 1. The summed E-state index contributed by atoms with van der Waals surface area (Å²) >= 11 is 1.88. The molecule has 0 spiro atoms. The molecule has 26 heavy (non-hydrogen) atoms. The Morgan fingerprint density at radius 2 is 1.88 bits per heavy atom. The normalized spacial score (nSPS) is 17.1. The third-order valence-corrected chi connectivity index (χ3v) is 6.28. The highest BCUT2D eigenvalue weighted by atomic mass is 32.2. The van der Waals surface area contributed by atoms with E-state index in [1.807, 2.05) is 46.0 Å². The van der Waals surface area contributed by atoms with E-state index >= 15 is 0 Å². The fourth-order valence-electron chi connectivity index (χ4n) is 3.59. The van der Waals surface area contributed by atoms with Crippen molar-refractivity contribution in [2.45, 2.75) is 24.2 Å². The number of aromatic amines is 1. The summed E-state index contributed by atoms with van der Waals surface area (Å²) < 4.78 is 0. The highest BCUT2D eigenvalue weighted by Crippen LogP contribution is 2.30. The standard InChI is InChI=1S/C20H23N3O2S/c24-19(14-17-4-1-7-21-17)22-8-10-23(11-9-22)20(25)16-5-6-18-15(13-16)3-2-12-26-18/h1,4-7,13,21H,2-3,8-12,14H2. The van der Waals surface area contributed by atoms with Crippen LogP contribution in [0.5, 0.6) is 0 Å². The number of hydrogen-bond donors (Lipinski definition) is 1. The first kappa shape index (κ1) is 17.2. The molecule has 2 aliphatic rings. The summed E-state index contributed by atoms with van der Waals surface area (Å²) in [5.41, 5.74) is 3.00. The van der Waals surface area contributed by atoms with E-state index in [0.29, 0.717) is 32.6 Å². The van der Waals surface area contributed by atoms with Crippen molar-refractivity contribution in [2.75, 3.05) is 31.9 Å². The second-order valence-electron chi connectivity index (χ2n) is 6.82. The average Bonchev–Trinajstić information content (AvgIpc) is 3.20. The number of carbonyl (C=O) groups is 2. The second kappa shape index (κ2) is 7.58. The van der Waals surface area contributed by atoms with Crippen LogP contribution in [-0.2, 0) is 17.6 Å². The Hall–Kier alpha value is -2.21. The van der Waals surface area contributed by atoms with Crippen molar-refractivity contribution in [3.63, 3.8) is 0 Å². The Labute approximate surface area is 157 Å². The predicted molar refractivity (Wildman–Crippen MR) is 102 cm³/mol. The van der Waals surface area contributed by atoms with Gasteiger partial charge in [-0.25, -0.2) is 0 Å². The molecule has 1 fully saturated rings. The molecule has 0 radical (unpaired) electrons. The summed E-state index contributed by atoms with van der Waals surface area (Å²) in [5.74, 6) is 1.36. The molecule has 0 unspecified atom stereocenters. The number of fused-ring (bicyclic) bond motifs is 1. The van der Waals surface area contributed by atoms with Crippen molar-refractivity contribution in [2.24, 2.45) is 0 Å². The van der Waals surface area contributed by atoms with Gasteiger partial charge in [0.1, 0.15) is 0 Å². The quantitative estimate of drug-likeness (QED) is 0.905. The fourth-order valence-corrected chi connectivity index (χ4v) is 4.61. The summed E-state index contributed by atoms with van der Waals surface area (Å²) in [6.45, 7) is 2.40. The van der Waals surface area contributed by atoms with Crippen molar-refractivity contribution in [3.05, 3.63) is 53.3 Å². The molecule has 3 heterocycles. The number of hydrogen-bond acceptors (Lipinski definition) is 3. The number of piperazine rings is 1. The molecule has 1 saturated heterocycles. The summed E-state index contributed by atoms with van der Waals surface area (Å²) in [6, 6.07) is 9.92. The predicted octanol–water partition coefficient (Wildman–Crippen LogP) is 2.58. The lowest BCUT2D eigenvalue weighted by atomic mass is 10.0. The molecule has 2 amide bonds. The van der Waals surface area contributed by atoms with Gasteiger partial charge >= 0.3 is 0 Å². The van der Waals surface area contributed by atoms with E-state index in [4.69, 9.17) is 0 Å². The van der Waals surface area contributed by atoms with Crippen molar-refractivity contribution >= 4 is 23.6 Å². The Balaban J connectivity index is 1.35. The van der Waals surface area contributed by atoms with E-state index in [1.165, 1.54) is 22.6 Å². The van der Waals surface area contributed by atoms with Gasteiger partial charge in [-0.05, 0) is 54.5 Å². The zero-order chi connectivity index (χ0) is 17.9. The summed E-state index contributed by atoms with van der Waals surface area (Å²) in [6.07, 6.45) is 4.46. The van der Waals surface area contributed by atoms with Gasteiger partial charge in [-0.1, -0.05) is 0 Å². The number of carbonyl (C=O) groups excluding carboxylic acids is 2. The Morgan fingerprint density at radius 3 is 2.65 bits per heavy atom. The van der Waals surface area contributed by atoms with Crippen LogP contribution in [0.2, 0.25) is 0 Å². The maximum atomic E-state index is 12.8. The summed E-state index contributed by atoms with van der Waals surface area (Å²) in [4.78, 5) is 33.3. The zero-order valence-electron chi connectivity index (χ0n) is 14.7. The lowest BCUT2D eigenvalue weighted by Gasteiger charge is -2.35. The highest BCUT2D eigenvalue weighted by Gasteiger charge is 2.25. The Morgan fingerprint density at radius 1 is 1.08 bits per heavy atom. The molecule has 0 aliphatic carbocycles. The van der Waals surface area contributed by atoms with Gasteiger partial charge in [-0.15, -0.1) is 11.8 Å². The lowest BCUT2D eigenvalue weighted by molar-refractivity contribution is -0.132. The maximum absolute atomic E-state index is 12.8. The molecule has 0 saturated carbocycles. The SMILES string of the molecule is O=C(Cc1ccc[nH]1)N1CCN(C(=O)c2ccc3c(c2)CCCS3)CC1. The molecule has 0 bridgehead atoms. The molecular formula is C20H23N3O2S. The van der Waals surface area contributed by atoms with Crippen molar-refractivity contribution in [3.8, 4) is 0 Å². The van der Waals surface area contributed by atoms with Crippen LogP contribution in [0.15, 0.2) is 41.4 Å². The largest absolute Gasteiger partial charge is 0.365 e. The summed E-state index contributed by atoms with van der Waals surface area (Å²) in [7, 11) is 0. The van der Waals surface area contributed by atoms with Crippen molar-refractivity contribution < 1.29 is 9.59 Å². The van der Waals surface area contributed by atoms with Crippen molar-refractivity contribution in [1.82, 2.24) is 14.8 Å². The third kappa shape index (κ3) is 3.65. The molecule has 6 heteroatoms. The van der Waals surface area contributed by atoms with Gasteiger partial charge in [0.25, 0.3) is 5.91 Å². The molecule has 1 aromatic carbocycles. The Bertz CT molecular complexity index is 795. The van der Waals surface area contributed by atoms with Gasteiger partial charge < -0.3 is 14.8 Å². The minimum atomic E-state index is 0.0832. The summed E-state index contributed by atoms with van der Waals surface area (Å²) in [5, 5.41) is 0. The molecule has 2 aliphatic heterocycles. The number of thioether (sulfide) groups is 1. The van der Waals surface area contributed by atoms with Crippen molar-refractivity contribution in [1.29, 1.82) is 0 Å². The van der Waals surface area contributed by atoms with E-state index in [-0.39, 0.29) is 11.8 Å². The van der Waals surface area contributed by atoms with Crippen LogP contribution >= 0.6 is 11.8 Å². The molecule has 2 aromatic rings. The number of H-pyrrole nitrogens is 1. The first-order valence-electron chi connectivity index (χ1n) is 9.16. The van der Waals surface area contributed by atoms with E-state index in [0.717, 1.165) is 17.7 Å². The number of rotatable bonds is 3. The lowest BCUT2D eigenvalue weighted by Crippen LogP contribution is -2.51. The zero-order valence-corrected chi connectivity index (χ0v) is 15.6. The maximum Gasteiger partial charge on any atom is 0.253 e.